The number of nitrogens with zero attached hydrogens (tertiary/aromatic N) is 2. The molecule has 2 heteroatoms. The van der Waals surface area contributed by atoms with Gasteiger partial charge in [-0.1, -0.05) is 84.9 Å². The van der Waals surface area contributed by atoms with Crippen LogP contribution in [0.1, 0.15) is 0 Å². The van der Waals surface area contributed by atoms with E-state index >= 15 is 0 Å². The van der Waals surface area contributed by atoms with E-state index in [9.17, 15) is 0 Å². The Morgan fingerprint density at radius 2 is 0.775 bits per heavy atom. The van der Waals surface area contributed by atoms with Gasteiger partial charge in [0.2, 0.25) is 0 Å². The molecule has 0 aliphatic heterocycles. The van der Waals surface area contributed by atoms with Gasteiger partial charge in [-0.25, -0.2) is 0 Å². The van der Waals surface area contributed by atoms with Crippen LogP contribution in [0.4, 0.5) is 0 Å². The summed E-state index contributed by atoms with van der Waals surface area (Å²) >= 11 is 0. The molecule has 0 aliphatic rings. The summed E-state index contributed by atoms with van der Waals surface area (Å²) in [5, 5.41) is 14.9. The third kappa shape index (κ3) is 2.88. The summed E-state index contributed by atoms with van der Waals surface area (Å²) in [6.45, 7) is 0. The van der Waals surface area contributed by atoms with Crippen LogP contribution in [-0.4, -0.2) is 9.97 Å². The molecule has 0 radical (unpaired) electrons. The van der Waals surface area contributed by atoms with Crippen molar-refractivity contribution in [2.45, 2.75) is 0 Å². The molecule has 9 aromatic rings. The minimum atomic E-state index is 0.982. The lowest BCUT2D eigenvalue weighted by Gasteiger charge is -2.22. The first-order chi connectivity index (χ1) is 19.9. The Morgan fingerprint density at radius 1 is 0.325 bits per heavy atom. The fourth-order valence-corrected chi connectivity index (χ4v) is 6.84. The molecule has 0 fully saturated rings. The molecule has 0 atom stereocenters. The zero-order valence-electron chi connectivity index (χ0n) is 21.6. The van der Waals surface area contributed by atoms with Gasteiger partial charge in [-0.2, -0.15) is 0 Å². The van der Waals surface area contributed by atoms with Gasteiger partial charge in [0.15, 0.2) is 0 Å². The van der Waals surface area contributed by atoms with E-state index in [4.69, 9.17) is 9.97 Å². The summed E-state index contributed by atoms with van der Waals surface area (Å²) in [5.41, 5.74) is 4.32. The smallest absolute Gasteiger partial charge is 0.0714 e. The number of fused-ring (bicyclic) bond motifs is 5. The molecule has 9 rings (SSSR count). The van der Waals surface area contributed by atoms with Crippen LogP contribution in [0.3, 0.4) is 0 Å². The fourth-order valence-electron chi connectivity index (χ4n) is 6.84. The van der Waals surface area contributed by atoms with Crippen molar-refractivity contribution in [3.63, 3.8) is 0 Å². The molecule has 184 valence electrons. The average molecular weight is 507 g/mol. The first-order valence-electron chi connectivity index (χ1n) is 13.7. The second-order valence-corrected chi connectivity index (χ2v) is 10.5. The van der Waals surface area contributed by atoms with E-state index < -0.39 is 0 Å². The Labute approximate surface area is 230 Å². The van der Waals surface area contributed by atoms with E-state index in [1.165, 1.54) is 75.8 Å². The predicted octanol–water partition coefficient (Wildman–Crippen LogP) is 10.2. The standard InChI is InChI=1S/C38H22N2/c1-2-10-26-22-30-29(21-25(26)9-1)35(31-15-3-5-19-39-31)37-27-13-7-11-23-17-18-24-12-8-14-28(34(24)33(23)27)38(37)36(30)32-16-4-6-20-40-32/h1-22H. The van der Waals surface area contributed by atoms with Crippen molar-refractivity contribution in [2.75, 3.05) is 0 Å². The first-order valence-corrected chi connectivity index (χ1v) is 13.7. The molecular weight excluding hydrogens is 484 g/mol. The van der Waals surface area contributed by atoms with Crippen molar-refractivity contribution in [2.24, 2.45) is 0 Å². The van der Waals surface area contributed by atoms with Gasteiger partial charge < -0.3 is 0 Å². The van der Waals surface area contributed by atoms with E-state index in [-0.39, 0.29) is 0 Å². The molecule has 2 heterocycles. The Hall–Kier alpha value is -5.34. The molecule has 2 nitrogen and oxygen atoms in total. The second-order valence-electron chi connectivity index (χ2n) is 10.5. The maximum atomic E-state index is 4.94. The molecule has 0 unspecified atom stereocenters. The number of pyridine rings is 2. The van der Waals surface area contributed by atoms with Crippen molar-refractivity contribution >= 4 is 64.6 Å². The maximum absolute atomic E-state index is 4.94. The molecule has 0 aliphatic carbocycles. The van der Waals surface area contributed by atoms with Crippen LogP contribution in [0.2, 0.25) is 0 Å². The molecule has 0 amide bonds. The quantitative estimate of drug-likeness (QED) is 0.172. The lowest BCUT2D eigenvalue weighted by molar-refractivity contribution is 1.33. The highest BCUT2D eigenvalue weighted by Gasteiger charge is 2.24. The highest BCUT2D eigenvalue weighted by Crippen LogP contribution is 2.51. The molecule has 2 aromatic heterocycles. The van der Waals surface area contributed by atoms with Crippen molar-refractivity contribution < 1.29 is 0 Å². The summed E-state index contributed by atoms with van der Waals surface area (Å²) in [7, 11) is 0. The van der Waals surface area contributed by atoms with Gasteiger partial charge in [0.25, 0.3) is 0 Å². The van der Waals surface area contributed by atoms with Gasteiger partial charge in [0, 0.05) is 34.3 Å². The van der Waals surface area contributed by atoms with Gasteiger partial charge in [-0.3, -0.25) is 9.97 Å². The minimum absolute atomic E-state index is 0.982. The fraction of sp³-hybridized carbons (Fsp3) is 0. The molecule has 0 N–H and O–H groups in total. The maximum Gasteiger partial charge on any atom is 0.0714 e. The average Bonchev–Trinajstić information content (AvgIpc) is 3.02. The van der Waals surface area contributed by atoms with Gasteiger partial charge in [0.05, 0.1) is 11.4 Å². The van der Waals surface area contributed by atoms with Crippen molar-refractivity contribution in [1.29, 1.82) is 0 Å². The normalized spacial score (nSPS) is 12.0. The zero-order chi connectivity index (χ0) is 26.2. The van der Waals surface area contributed by atoms with E-state index in [1.54, 1.807) is 0 Å². The van der Waals surface area contributed by atoms with Crippen LogP contribution in [0.25, 0.3) is 87.1 Å². The number of hydrogen-bond donors (Lipinski definition) is 0. The van der Waals surface area contributed by atoms with Crippen molar-refractivity contribution in [3.05, 3.63) is 134 Å². The summed E-state index contributed by atoms with van der Waals surface area (Å²) in [4.78, 5) is 9.89. The van der Waals surface area contributed by atoms with Crippen LogP contribution in [0.15, 0.2) is 134 Å². The number of hydrogen-bond acceptors (Lipinski definition) is 2. The Balaban J connectivity index is 1.70. The van der Waals surface area contributed by atoms with Crippen LogP contribution >= 0.6 is 0 Å². The third-order valence-electron chi connectivity index (χ3n) is 8.44. The molecular formula is C38H22N2. The third-order valence-corrected chi connectivity index (χ3v) is 8.44. The molecule has 0 saturated heterocycles. The number of aromatic nitrogens is 2. The summed E-state index contributed by atoms with van der Waals surface area (Å²) in [6.07, 6.45) is 3.80. The Kier molecular flexibility index (Phi) is 4.36. The van der Waals surface area contributed by atoms with E-state index in [0.29, 0.717) is 0 Å². The van der Waals surface area contributed by atoms with Crippen LogP contribution in [0.5, 0.6) is 0 Å². The largest absolute Gasteiger partial charge is 0.256 e. The summed E-state index contributed by atoms with van der Waals surface area (Å²) < 4.78 is 0. The van der Waals surface area contributed by atoms with Gasteiger partial charge in [0.1, 0.15) is 0 Å². The molecule has 7 aromatic carbocycles. The number of rotatable bonds is 2. The first kappa shape index (κ1) is 21.6. The Morgan fingerprint density at radius 3 is 1.23 bits per heavy atom. The number of benzene rings is 7. The van der Waals surface area contributed by atoms with Gasteiger partial charge in [-0.05, 0) is 90.3 Å². The topological polar surface area (TPSA) is 25.8 Å². The molecule has 0 saturated carbocycles. The monoisotopic (exact) mass is 506 g/mol. The van der Waals surface area contributed by atoms with Crippen molar-refractivity contribution in [3.8, 4) is 22.5 Å². The van der Waals surface area contributed by atoms with Crippen LogP contribution in [-0.2, 0) is 0 Å². The zero-order valence-corrected chi connectivity index (χ0v) is 21.6. The molecule has 0 bridgehead atoms. The van der Waals surface area contributed by atoms with Crippen LogP contribution < -0.4 is 0 Å². The van der Waals surface area contributed by atoms with Crippen LogP contribution in [0, 0.1) is 0 Å². The summed E-state index contributed by atoms with van der Waals surface area (Å²) in [6, 6.07) is 43.7. The minimum Gasteiger partial charge on any atom is -0.256 e. The van der Waals surface area contributed by atoms with Gasteiger partial charge in [-0.15, -0.1) is 0 Å². The molecule has 40 heavy (non-hydrogen) atoms. The molecule has 0 spiro atoms. The summed E-state index contributed by atoms with van der Waals surface area (Å²) in [5.74, 6) is 0. The van der Waals surface area contributed by atoms with E-state index in [2.05, 4.69) is 109 Å². The van der Waals surface area contributed by atoms with E-state index in [0.717, 1.165) is 11.4 Å². The SMILES string of the molecule is c1ccc(-c2c3cc4ccccc4cc3c(-c3ccccn3)c3c4cccc5ccc6cccc(c23)c6c54)nc1. The highest BCUT2D eigenvalue weighted by atomic mass is 14.7. The highest BCUT2D eigenvalue weighted by molar-refractivity contribution is 6.41. The Bertz CT molecular complexity index is 2240. The van der Waals surface area contributed by atoms with E-state index in [1.807, 2.05) is 24.5 Å². The predicted molar refractivity (Wildman–Crippen MR) is 169 cm³/mol. The lowest BCUT2D eigenvalue weighted by atomic mass is 9.81. The second kappa shape index (κ2) is 8.08. The van der Waals surface area contributed by atoms with Crippen molar-refractivity contribution in [1.82, 2.24) is 9.97 Å². The lowest BCUT2D eigenvalue weighted by Crippen LogP contribution is -1.96. The van der Waals surface area contributed by atoms with Gasteiger partial charge >= 0.3 is 0 Å².